The maximum absolute atomic E-state index is 12.4. The molecule has 5 heteroatoms. The molecule has 2 heterocycles. The standard InChI is InChI=1S/C19H20N4O/c20-13-17-7-4-10-21-18(17)22-14-15-8-11-23(12-9-15)19(24)16-5-2-1-3-6-16/h1-7,10,15H,8-9,11-12,14H2,(H,21,22). The number of nitrogens with one attached hydrogen (secondary N) is 1. The van der Waals surface area contributed by atoms with Crippen LogP contribution < -0.4 is 5.32 Å². The molecule has 1 aromatic heterocycles. The fourth-order valence-electron chi connectivity index (χ4n) is 2.98. The van der Waals surface area contributed by atoms with Crippen LogP contribution in [0, 0.1) is 17.2 Å². The van der Waals surface area contributed by atoms with Crippen LogP contribution in [-0.2, 0) is 0 Å². The van der Waals surface area contributed by atoms with Crippen molar-refractivity contribution in [3.63, 3.8) is 0 Å². The molecule has 0 radical (unpaired) electrons. The van der Waals surface area contributed by atoms with Gasteiger partial charge >= 0.3 is 0 Å². The minimum atomic E-state index is 0.110. The summed E-state index contributed by atoms with van der Waals surface area (Å²) >= 11 is 0. The number of piperidine rings is 1. The van der Waals surface area contributed by atoms with Crippen LogP contribution in [0.15, 0.2) is 48.7 Å². The smallest absolute Gasteiger partial charge is 0.253 e. The average molecular weight is 320 g/mol. The second kappa shape index (κ2) is 7.60. The number of nitrogens with zero attached hydrogens (tertiary/aromatic N) is 3. The number of aromatic nitrogens is 1. The van der Waals surface area contributed by atoms with Crippen molar-refractivity contribution in [1.29, 1.82) is 5.26 Å². The highest BCUT2D eigenvalue weighted by atomic mass is 16.2. The minimum absolute atomic E-state index is 0.110. The SMILES string of the molecule is N#Cc1cccnc1NCC1CCN(C(=O)c2ccccc2)CC1. The predicted molar refractivity (Wildman–Crippen MR) is 92.5 cm³/mol. The van der Waals surface area contributed by atoms with Gasteiger partial charge in [-0.15, -0.1) is 0 Å². The zero-order chi connectivity index (χ0) is 16.8. The van der Waals surface area contributed by atoms with Gasteiger partial charge in [-0.1, -0.05) is 18.2 Å². The van der Waals surface area contributed by atoms with Crippen LogP contribution in [-0.4, -0.2) is 35.4 Å². The van der Waals surface area contributed by atoms with E-state index in [1.807, 2.05) is 35.2 Å². The molecule has 0 atom stereocenters. The zero-order valence-electron chi connectivity index (χ0n) is 13.5. The molecule has 1 aliphatic heterocycles. The second-order valence-corrected chi connectivity index (χ2v) is 5.99. The zero-order valence-corrected chi connectivity index (χ0v) is 13.5. The van der Waals surface area contributed by atoms with Gasteiger partial charge in [0.1, 0.15) is 11.9 Å². The van der Waals surface area contributed by atoms with E-state index in [4.69, 9.17) is 5.26 Å². The van der Waals surface area contributed by atoms with Gasteiger partial charge in [-0.2, -0.15) is 5.26 Å². The Morgan fingerprint density at radius 3 is 2.67 bits per heavy atom. The number of carbonyl (C=O) groups excluding carboxylic acids is 1. The molecule has 1 N–H and O–H groups in total. The number of amides is 1. The Labute approximate surface area is 141 Å². The monoisotopic (exact) mass is 320 g/mol. The number of hydrogen-bond acceptors (Lipinski definition) is 4. The summed E-state index contributed by atoms with van der Waals surface area (Å²) in [6.45, 7) is 2.32. The third-order valence-electron chi connectivity index (χ3n) is 4.41. The van der Waals surface area contributed by atoms with E-state index in [1.165, 1.54) is 0 Å². The van der Waals surface area contributed by atoms with Crippen molar-refractivity contribution < 1.29 is 4.79 Å². The maximum Gasteiger partial charge on any atom is 0.253 e. The van der Waals surface area contributed by atoms with Gasteiger partial charge in [0.15, 0.2) is 0 Å². The van der Waals surface area contributed by atoms with Gasteiger partial charge in [0.05, 0.1) is 5.56 Å². The summed E-state index contributed by atoms with van der Waals surface area (Å²) < 4.78 is 0. The molecule has 1 amide bonds. The molecule has 1 aromatic carbocycles. The highest BCUT2D eigenvalue weighted by Gasteiger charge is 2.23. The van der Waals surface area contributed by atoms with Crippen LogP contribution in [0.25, 0.3) is 0 Å². The molecule has 122 valence electrons. The number of hydrogen-bond donors (Lipinski definition) is 1. The average Bonchev–Trinajstić information content (AvgIpc) is 2.67. The number of carbonyl (C=O) groups is 1. The summed E-state index contributed by atoms with van der Waals surface area (Å²) in [4.78, 5) is 18.6. The first kappa shape index (κ1) is 16.0. The first-order valence-electron chi connectivity index (χ1n) is 8.21. The van der Waals surface area contributed by atoms with Gasteiger partial charge in [0.2, 0.25) is 0 Å². The lowest BCUT2D eigenvalue weighted by Gasteiger charge is -2.32. The molecule has 0 spiro atoms. The van der Waals surface area contributed by atoms with E-state index in [2.05, 4.69) is 16.4 Å². The molecule has 0 bridgehead atoms. The van der Waals surface area contributed by atoms with Gasteiger partial charge < -0.3 is 10.2 Å². The molecule has 0 aliphatic carbocycles. The van der Waals surface area contributed by atoms with E-state index >= 15 is 0 Å². The first-order valence-corrected chi connectivity index (χ1v) is 8.21. The lowest BCUT2D eigenvalue weighted by molar-refractivity contribution is 0.0695. The van der Waals surface area contributed by atoms with Crippen LogP contribution in [0.4, 0.5) is 5.82 Å². The lowest BCUT2D eigenvalue weighted by Crippen LogP contribution is -2.39. The van der Waals surface area contributed by atoms with Crippen molar-refractivity contribution in [2.45, 2.75) is 12.8 Å². The number of rotatable bonds is 4. The van der Waals surface area contributed by atoms with Gasteiger partial charge in [-0.3, -0.25) is 4.79 Å². The predicted octanol–water partition coefficient (Wildman–Crippen LogP) is 2.92. The van der Waals surface area contributed by atoms with Crippen LogP contribution >= 0.6 is 0 Å². The molecule has 5 nitrogen and oxygen atoms in total. The van der Waals surface area contributed by atoms with Gasteiger partial charge in [-0.25, -0.2) is 4.98 Å². The molecule has 24 heavy (non-hydrogen) atoms. The Bertz CT molecular complexity index is 731. The van der Waals surface area contributed by atoms with Gasteiger partial charge in [0, 0.05) is 31.4 Å². The first-order chi connectivity index (χ1) is 11.8. The molecular weight excluding hydrogens is 300 g/mol. The Kier molecular flexibility index (Phi) is 5.07. The highest BCUT2D eigenvalue weighted by molar-refractivity contribution is 5.94. The van der Waals surface area contributed by atoms with Crippen LogP contribution in [0.5, 0.6) is 0 Å². The Balaban J connectivity index is 1.51. The Morgan fingerprint density at radius 2 is 1.96 bits per heavy atom. The van der Waals surface area contributed by atoms with Crippen LogP contribution in [0.3, 0.4) is 0 Å². The summed E-state index contributed by atoms with van der Waals surface area (Å²) in [5.41, 5.74) is 1.32. The summed E-state index contributed by atoms with van der Waals surface area (Å²) in [5.74, 6) is 1.24. The molecule has 0 unspecified atom stereocenters. The van der Waals surface area contributed by atoms with E-state index in [1.54, 1.807) is 18.3 Å². The van der Waals surface area contributed by atoms with E-state index in [0.717, 1.165) is 38.0 Å². The van der Waals surface area contributed by atoms with Crippen molar-refractivity contribution in [3.8, 4) is 6.07 Å². The quantitative estimate of drug-likeness (QED) is 0.940. The molecule has 1 saturated heterocycles. The third kappa shape index (κ3) is 3.72. The van der Waals surface area contributed by atoms with E-state index < -0.39 is 0 Å². The molecule has 0 saturated carbocycles. The fraction of sp³-hybridized carbons (Fsp3) is 0.316. The fourth-order valence-corrected chi connectivity index (χ4v) is 2.98. The highest BCUT2D eigenvalue weighted by Crippen LogP contribution is 2.20. The van der Waals surface area contributed by atoms with Crippen molar-refractivity contribution >= 4 is 11.7 Å². The topological polar surface area (TPSA) is 69.0 Å². The Morgan fingerprint density at radius 1 is 1.21 bits per heavy atom. The second-order valence-electron chi connectivity index (χ2n) is 5.99. The number of pyridine rings is 1. The van der Waals surface area contributed by atoms with Crippen molar-refractivity contribution in [2.75, 3.05) is 25.0 Å². The normalized spacial score (nSPS) is 14.9. The number of nitriles is 1. The summed E-state index contributed by atoms with van der Waals surface area (Å²) in [7, 11) is 0. The maximum atomic E-state index is 12.4. The summed E-state index contributed by atoms with van der Waals surface area (Å²) in [6.07, 6.45) is 3.60. The Hall–Kier alpha value is -2.87. The molecular formula is C19H20N4O. The molecule has 1 aliphatic rings. The van der Waals surface area contributed by atoms with Crippen LogP contribution in [0.2, 0.25) is 0 Å². The molecule has 3 rings (SSSR count). The van der Waals surface area contributed by atoms with E-state index in [-0.39, 0.29) is 5.91 Å². The van der Waals surface area contributed by atoms with Crippen molar-refractivity contribution in [1.82, 2.24) is 9.88 Å². The number of likely N-dealkylation sites (tertiary alicyclic amines) is 1. The third-order valence-corrected chi connectivity index (χ3v) is 4.41. The van der Waals surface area contributed by atoms with E-state index in [0.29, 0.717) is 17.3 Å². The lowest BCUT2D eigenvalue weighted by atomic mass is 9.96. The molecule has 1 fully saturated rings. The largest absolute Gasteiger partial charge is 0.369 e. The van der Waals surface area contributed by atoms with Gasteiger partial charge in [0.25, 0.3) is 5.91 Å². The minimum Gasteiger partial charge on any atom is -0.369 e. The summed E-state index contributed by atoms with van der Waals surface area (Å²) in [5, 5.41) is 12.4. The molecule has 2 aromatic rings. The van der Waals surface area contributed by atoms with E-state index in [9.17, 15) is 4.79 Å². The van der Waals surface area contributed by atoms with Gasteiger partial charge in [-0.05, 0) is 43.0 Å². The van der Waals surface area contributed by atoms with Crippen LogP contribution in [0.1, 0.15) is 28.8 Å². The number of anilines is 1. The van der Waals surface area contributed by atoms with Crippen molar-refractivity contribution in [3.05, 3.63) is 59.8 Å². The van der Waals surface area contributed by atoms with Crippen molar-refractivity contribution in [2.24, 2.45) is 5.92 Å². The summed E-state index contributed by atoms with van der Waals surface area (Å²) in [6, 6.07) is 15.1. The number of benzene rings is 1.